The number of nitrogens with zero attached hydrogens (tertiary/aromatic N) is 2. The van der Waals surface area contributed by atoms with Crippen LogP contribution in [0.5, 0.6) is 0 Å². The first-order chi connectivity index (χ1) is 9.33. The SMILES string of the molecule is CCN(CC)c1ncc(CNC2CCCCCC2)s1. The maximum Gasteiger partial charge on any atom is 0.185 e. The average molecular weight is 281 g/mol. The molecule has 0 aromatic carbocycles. The second kappa shape index (κ2) is 7.85. The minimum absolute atomic E-state index is 0.724. The Labute approximate surface area is 121 Å². The Morgan fingerprint density at radius 2 is 1.89 bits per heavy atom. The highest BCUT2D eigenvalue weighted by atomic mass is 32.1. The molecule has 0 spiro atoms. The lowest BCUT2D eigenvalue weighted by atomic mass is 10.1. The lowest BCUT2D eigenvalue weighted by Crippen LogP contribution is -2.27. The molecule has 0 amide bonds. The zero-order valence-corrected chi connectivity index (χ0v) is 13.1. The number of hydrogen-bond donors (Lipinski definition) is 1. The molecule has 1 aliphatic rings. The molecule has 1 aliphatic carbocycles. The minimum atomic E-state index is 0.724. The van der Waals surface area contributed by atoms with E-state index < -0.39 is 0 Å². The summed E-state index contributed by atoms with van der Waals surface area (Å²) in [6, 6.07) is 0.724. The van der Waals surface area contributed by atoms with Gasteiger partial charge in [0.15, 0.2) is 5.13 Å². The molecule has 0 radical (unpaired) electrons. The van der Waals surface area contributed by atoms with Crippen molar-refractivity contribution in [3.63, 3.8) is 0 Å². The second-order valence-corrected chi connectivity index (χ2v) is 6.44. The molecule has 4 heteroatoms. The smallest absolute Gasteiger partial charge is 0.185 e. The molecule has 0 bridgehead atoms. The third kappa shape index (κ3) is 4.46. The van der Waals surface area contributed by atoms with Gasteiger partial charge in [-0.05, 0) is 26.7 Å². The first-order valence-electron chi connectivity index (χ1n) is 7.76. The minimum Gasteiger partial charge on any atom is -0.349 e. The first-order valence-corrected chi connectivity index (χ1v) is 8.58. The number of anilines is 1. The molecule has 0 aliphatic heterocycles. The fraction of sp³-hybridized carbons (Fsp3) is 0.800. The van der Waals surface area contributed by atoms with Gasteiger partial charge in [-0.1, -0.05) is 25.7 Å². The summed E-state index contributed by atoms with van der Waals surface area (Å²) < 4.78 is 0. The van der Waals surface area contributed by atoms with Crippen molar-refractivity contribution < 1.29 is 0 Å². The number of rotatable bonds is 6. The third-order valence-electron chi connectivity index (χ3n) is 4.00. The quantitative estimate of drug-likeness (QED) is 0.804. The molecule has 0 atom stereocenters. The van der Waals surface area contributed by atoms with Crippen LogP contribution < -0.4 is 10.2 Å². The van der Waals surface area contributed by atoms with Crippen molar-refractivity contribution in [3.8, 4) is 0 Å². The van der Waals surface area contributed by atoms with Crippen LogP contribution in [0.25, 0.3) is 0 Å². The Morgan fingerprint density at radius 1 is 1.21 bits per heavy atom. The Kier molecular flexibility index (Phi) is 6.11. The third-order valence-corrected chi connectivity index (χ3v) is 5.05. The van der Waals surface area contributed by atoms with Crippen LogP contribution in [0.4, 0.5) is 5.13 Å². The molecule has 1 N–H and O–H groups in total. The van der Waals surface area contributed by atoms with Gasteiger partial charge in [0.2, 0.25) is 0 Å². The van der Waals surface area contributed by atoms with Crippen molar-refractivity contribution >= 4 is 16.5 Å². The highest BCUT2D eigenvalue weighted by molar-refractivity contribution is 7.15. The topological polar surface area (TPSA) is 28.2 Å². The van der Waals surface area contributed by atoms with E-state index in [9.17, 15) is 0 Å². The lowest BCUT2D eigenvalue weighted by molar-refractivity contribution is 0.461. The molecule has 1 aromatic rings. The monoisotopic (exact) mass is 281 g/mol. The van der Waals surface area contributed by atoms with Gasteiger partial charge in [-0.3, -0.25) is 0 Å². The van der Waals surface area contributed by atoms with Crippen LogP contribution >= 0.6 is 11.3 Å². The Morgan fingerprint density at radius 3 is 2.53 bits per heavy atom. The van der Waals surface area contributed by atoms with E-state index in [2.05, 4.69) is 29.0 Å². The maximum atomic E-state index is 4.54. The van der Waals surface area contributed by atoms with Crippen molar-refractivity contribution in [2.75, 3.05) is 18.0 Å². The van der Waals surface area contributed by atoms with Crippen molar-refractivity contribution in [3.05, 3.63) is 11.1 Å². The maximum absolute atomic E-state index is 4.54. The highest BCUT2D eigenvalue weighted by Gasteiger charge is 2.13. The van der Waals surface area contributed by atoms with Gasteiger partial charge in [-0.2, -0.15) is 0 Å². The second-order valence-electron chi connectivity index (χ2n) is 5.35. The van der Waals surface area contributed by atoms with Crippen LogP contribution in [0.2, 0.25) is 0 Å². The zero-order chi connectivity index (χ0) is 13.5. The first kappa shape index (κ1) is 14.8. The van der Waals surface area contributed by atoms with Crippen LogP contribution in [0.1, 0.15) is 57.2 Å². The molecular weight excluding hydrogens is 254 g/mol. The van der Waals surface area contributed by atoms with Gasteiger partial charge >= 0.3 is 0 Å². The summed E-state index contributed by atoms with van der Waals surface area (Å²) >= 11 is 1.84. The van der Waals surface area contributed by atoms with E-state index >= 15 is 0 Å². The van der Waals surface area contributed by atoms with Crippen LogP contribution in [0.3, 0.4) is 0 Å². The van der Waals surface area contributed by atoms with Gasteiger partial charge in [-0.25, -0.2) is 4.98 Å². The number of thiazole rings is 1. The van der Waals surface area contributed by atoms with Crippen molar-refractivity contribution in [2.24, 2.45) is 0 Å². The van der Waals surface area contributed by atoms with Crippen LogP contribution in [-0.2, 0) is 6.54 Å². The summed E-state index contributed by atoms with van der Waals surface area (Å²) in [6.07, 6.45) is 10.4. The summed E-state index contributed by atoms with van der Waals surface area (Å²) in [6.45, 7) is 7.45. The van der Waals surface area contributed by atoms with E-state index in [0.717, 1.165) is 25.7 Å². The zero-order valence-electron chi connectivity index (χ0n) is 12.3. The molecule has 108 valence electrons. The van der Waals surface area contributed by atoms with E-state index in [1.807, 2.05) is 17.5 Å². The molecule has 2 rings (SSSR count). The highest BCUT2D eigenvalue weighted by Crippen LogP contribution is 2.23. The summed E-state index contributed by atoms with van der Waals surface area (Å²) in [4.78, 5) is 8.23. The van der Waals surface area contributed by atoms with Crippen molar-refractivity contribution in [1.82, 2.24) is 10.3 Å². The Hall–Kier alpha value is -0.610. The number of aromatic nitrogens is 1. The number of hydrogen-bond acceptors (Lipinski definition) is 4. The summed E-state index contributed by atoms with van der Waals surface area (Å²) in [5.74, 6) is 0. The van der Waals surface area contributed by atoms with E-state index in [-0.39, 0.29) is 0 Å². The fourth-order valence-electron chi connectivity index (χ4n) is 2.75. The van der Waals surface area contributed by atoms with E-state index in [1.54, 1.807) is 0 Å². The van der Waals surface area contributed by atoms with Crippen molar-refractivity contribution in [2.45, 2.75) is 65.0 Å². The summed E-state index contributed by atoms with van der Waals surface area (Å²) in [5, 5.41) is 4.89. The predicted octanol–water partition coefficient (Wildman–Crippen LogP) is 3.80. The van der Waals surface area contributed by atoms with Gasteiger partial charge in [0.25, 0.3) is 0 Å². The standard InChI is InChI=1S/C15H27N3S/c1-3-18(4-2)15-17-12-14(19-15)11-16-13-9-7-5-6-8-10-13/h12-13,16H,3-11H2,1-2H3. The van der Waals surface area contributed by atoms with E-state index in [0.29, 0.717) is 0 Å². The Bertz CT molecular complexity index is 352. The van der Waals surface area contributed by atoms with Gasteiger partial charge in [0, 0.05) is 36.8 Å². The molecule has 0 saturated heterocycles. The van der Waals surface area contributed by atoms with Crippen molar-refractivity contribution in [1.29, 1.82) is 0 Å². The normalized spacial score (nSPS) is 17.4. The largest absolute Gasteiger partial charge is 0.349 e. The molecule has 1 fully saturated rings. The summed E-state index contributed by atoms with van der Waals surface area (Å²) in [7, 11) is 0. The molecule has 19 heavy (non-hydrogen) atoms. The number of nitrogens with one attached hydrogen (secondary N) is 1. The van der Waals surface area contributed by atoms with Gasteiger partial charge in [0.05, 0.1) is 0 Å². The molecule has 1 aromatic heterocycles. The van der Waals surface area contributed by atoms with E-state index in [1.165, 1.54) is 48.5 Å². The molecular formula is C15H27N3S. The fourth-order valence-corrected chi connectivity index (χ4v) is 3.74. The lowest BCUT2D eigenvalue weighted by Gasteiger charge is -2.17. The molecule has 1 saturated carbocycles. The van der Waals surface area contributed by atoms with Gasteiger partial charge in [0.1, 0.15) is 0 Å². The van der Waals surface area contributed by atoms with Crippen LogP contribution in [-0.4, -0.2) is 24.1 Å². The van der Waals surface area contributed by atoms with E-state index in [4.69, 9.17) is 0 Å². The molecule has 1 heterocycles. The van der Waals surface area contributed by atoms with Gasteiger partial charge in [-0.15, -0.1) is 11.3 Å². The predicted molar refractivity (Wildman–Crippen MR) is 84.0 cm³/mol. The average Bonchev–Trinajstić information content (AvgIpc) is 2.73. The Balaban J connectivity index is 1.82. The molecule has 0 unspecified atom stereocenters. The van der Waals surface area contributed by atoms with Gasteiger partial charge < -0.3 is 10.2 Å². The summed E-state index contributed by atoms with van der Waals surface area (Å²) in [5.41, 5.74) is 0. The molecule has 3 nitrogen and oxygen atoms in total. The van der Waals surface area contributed by atoms with Crippen LogP contribution in [0.15, 0.2) is 6.20 Å². The van der Waals surface area contributed by atoms with Crippen LogP contribution in [0, 0.1) is 0 Å².